The third-order valence-corrected chi connectivity index (χ3v) is 13.8. The normalized spacial score (nSPS) is 15.8. The Morgan fingerprint density at radius 2 is 0.900 bits per heavy atom. The first-order valence-electron chi connectivity index (χ1n) is 21.3. The lowest BCUT2D eigenvalue weighted by atomic mass is 9.63. The van der Waals surface area contributed by atoms with Gasteiger partial charge in [0, 0.05) is 38.6 Å². The molecule has 7 aromatic carbocycles. The fraction of sp³-hybridized carbons (Fsp3) is 0.196. The lowest BCUT2D eigenvalue weighted by Crippen LogP contribution is -2.33. The quantitative estimate of drug-likeness (QED) is 0.175. The third kappa shape index (κ3) is 5.68. The maximum Gasteiger partial charge on any atom is 0.164 e. The van der Waals surface area contributed by atoms with Crippen molar-refractivity contribution in [2.75, 3.05) is 0 Å². The molecule has 0 amide bonds. The van der Waals surface area contributed by atoms with E-state index in [0.717, 1.165) is 27.9 Å². The summed E-state index contributed by atoms with van der Waals surface area (Å²) < 4.78 is 2.43. The van der Waals surface area contributed by atoms with E-state index in [0.29, 0.717) is 17.5 Å². The van der Waals surface area contributed by atoms with Crippen LogP contribution in [0.3, 0.4) is 0 Å². The van der Waals surface area contributed by atoms with Crippen molar-refractivity contribution >= 4 is 21.8 Å². The summed E-state index contributed by atoms with van der Waals surface area (Å²) in [5.74, 6) is 1.95. The predicted molar refractivity (Wildman–Crippen MR) is 249 cm³/mol. The molecule has 0 saturated carbocycles. The molecular formula is C56H48N4. The van der Waals surface area contributed by atoms with Crippen LogP contribution in [0.5, 0.6) is 0 Å². The molecule has 2 heterocycles. The molecule has 0 aliphatic heterocycles. The van der Waals surface area contributed by atoms with Crippen molar-refractivity contribution in [3.05, 3.63) is 180 Å². The zero-order valence-electron chi connectivity index (χ0n) is 35.2. The summed E-state index contributed by atoms with van der Waals surface area (Å²) in [7, 11) is 0. The van der Waals surface area contributed by atoms with E-state index in [9.17, 15) is 0 Å². The van der Waals surface area contributed by atoms with Crippen molar-refractivity contribution in [3.8, 4) is 62.1 Å². The third-order valence-electron chi connectivity index (χ3n) is 13.8. The number of benzene rings is 7. The standard InChI is InChI=1S/C56H48N4/c1-54(2)30-31-55(3,4)48-34-50-44(33-47(48)54)42-17-11-13-19-49(42)60(50)40-27-24-38(25-28-40)53-58-51(36-14-8-7-9-15-36)57-52(59-53)37-22-20-35(21-23-37)39-26-29-46-43(32-39)41-16-10-12-18-45(41)56(46,5)6/h7-29,32-34H,30-31H2,1-6H3. The molecule has 0 spiro atoms. The van der Waals surface area contributed by atoms with Crippen LogP contribution in [0.2, 0.25) is 0 Å². The molecule has 11 rings (SSSR count). The van der Waals surface area contributed by atoms with Gasteiger partial charge in [0.2, 0.25) is 0 Å². The summed E-state index contributed by atoms with van der Waals surface area (Å²) in [5.41, 5.74) is 17.4. The Labute approximate surface area is 352 Å². The Balaban J connectivity index is 0.981. The summed E-state index contributed by atoms with van der Waals surface area (Å²) in [5, 5.41) is 2.59. The fourth-order valence-electron chi connectivity index (χ4n) is 10.1. The molecule has 0 N–H and O–H groups in total. The molecule has 2 aromatic heterocycles. The number of fused-ring (bicyclic) bond motifs is 7. The smallest absolute Gasteiger partial charge is 0.164 e. The van der Waals surface area contributed by atoms with Gasteiger partial charge in [0.05, 0.1) is 11.0 Å². The molecule has 4 heteroatoms. The van der Waals surface area contributed by atoms with Crippen molar-refractivity contribution in [3.63, 3.8) is 0 Å². The van der Waals surface area contributed by atoms with E-state index < -0.39 is 0 Å². The van der Waals surface area contributed by atoms with E-state index in [-0.39, 0.29) is 16.2 Å². The van der Waals surface area contributed by atoms with Crippen LogP contribution in [-0.2, 0) is 16.2 Å². The zero-order chi connectivity index (χ0) is 41.0. The van der Waals surface area contributed by atoms with Crippen molar-refractivity contribution < 1.29 is 0 Å². The fourth-order valence-corrected chi connectivity index (χ4v) is 10.1. The zero-order valence-corrected chi connectivity index (χ0v) is 35.2. The van der Waals surface area contributed by atoms with E-state index in [1.807, 2.05) is 18.2 Å². The number of nitrogens with zero attached hydrogens (tertiary/aromatic N) is 4. The monoisotopic (exact) mass is 776 g/mol. The summed E-state index contributed by atoms with van der Waals surface area (Å²) in [6, 6.07) is 57.1. The second-order valence-corrected chi connectivity index (χ2v) is 18.8. The highest BCUT2D eigenvalue weighted by atomic mass is 15.0. The molecule has 9 aromatic rings. The van der Waals surface area contributed by atoms with Gasteiger partial charge in [0.1, 0.15) is 0 Å². The van der Waals surface area contributed by atoms with Crippen LogP contribution in [0.1, 0.15) is 76.6 Å². The summed E-state index contributed by atoms with van der Waals surface area (Å²) >= 11 is 0. The molecule has 0 bridgehead atoms. The first-order valence-corrected chi connectivity index (χ1v) is 21.3. The van der Waals surface area contributed by atoms with Crippen molar-refractivity contribution in [1.29, 1.82) is 0 Å². The first-order chi connectivity index (χ1) is 29.0. The van der Waals surface area contributed by atoms with Gasteiger partial charge in [0.15, 0.2) is 17.5 Å². The van der Waals surface area contributed by atoms with Crippen LogP contribution in [0.15, 0.2) is 158 Å². The molecule has 292 valence electrons. The average molecular weight is 777 g/mol. The van der Waals surface area contributed by atoms with Crippen LogP contribution in [-0.4, -0.2) is 19.5 Å². The maximum atomic E-state index is 5.13. The van der Waals surface area contributed by atoms with E-state index in [1.165, 1.54) is 73.6 Å². The Bertz CT molecular complexity index is 3150. The largest absolute Gasteiger partial charge is 0.309 e. The van der Waals surface area contributed by atoms with Gasteiger partial charge in [-0.05, 0) is 117 Å². The van der Waals surface area contributed by atoms with Gasteiger partial charge in [-0.1, -0.05) is 151 Å². The molecule has 2 aliphatic rings. The van der Waals surface area contributed by atoms with Crippen molar-refractivity contribution in [2.24, 2.45) is 0 Å². The minimum absolute atomic E-state index is 0.0128. The summed E-state index contributed by atoms with van der Waals surface area (Å²) in [4.78, 5) is 15.2. The molecule has 2 aliphatic carbocycles. The molecule has 0 fully saturated rings. The minimum Gasteiger partial charge on any atom is -0.309 e. The van der Waals surface area contributed by atoms with E-state index in [4.69, 9.17) is 15.0 Å². The maximum absolute atomic E-state index is 5.13. The second kappa shape index (κ2) is 13.2. The van der Waals surface area contributed by atoms with Crippen molar-refractivity contribution in [2.45, 2.75) is 70.6 Å². The second-order valence-electron chi connectivity index (χ2n) is 18.8. The molecule has 0 unspecified atom stereocenters. The molecule has 0 radical (unpaired) electrons. The van der Waals surface area contributed by atoms with Gasteiger partial charge in [0.25, 0.3) is 0 Å². The molecule has 0 saturated heterocycles. The number of hydrogen-bond donors (Lipinski definition) is 0. The van der Waals surface area contributed by atoms with Crippen LogP contribution in [0.4, 0.5) is 0 Å². The van der Waals surface area contributed by atoms with Crippen LogP contribution in [0, 0.1) is 0 Å². The van der Waals surface area contributed by atoms with E-state index in [2.05, 4.69) is 186 Å². The van der Waals surface area contributed by atoms with Crippen LogP contribution in [0.25, 0.3) is 83.9 Å². The Morgan fingerprint density at radius 1 is 0.383 bits per heavy atom. The van der Waals surface area contributed by atoms with Crippen LogP contribution >= 0.6 is 0 Å². The van der Waals surface area contributed by atoms with E-state index >= 15 is 0 Å². The van der Waals surface area contributed by atoms with Crippen LogP contribution < -0.4 is 0 Å². The number of rotatable bonds is 5. The van der Waals surface area contributed by atoms with Gasteiger partial charge in [-0.25, -0.2) is 15.0 Å². The molecular weight excluding hydrogens is 729 g/mol. The number of hydrogen-bond acceptors (Lipinski definition) is 3. The molecule has 4 nitrogen and oxygen atoms in total. The predicted octanol–water partition coefficient (Wildman–Crippen LogP) is 14.3. The highest BCUT2D eigenvalue weighted by molar-refractivity contribution is 6.10. The topological polar surface area (TPSA) is 43.6 Å². The Hall–Kier alpha value is -6.65. The SMILES string of the molecule is CC1(C)CCC(C)(C)c2cc3c(cc21)c1ccccc1n3-c1ccc(-c2nc(-c3ccccc3)nc(-c3ccc(-c4ccc5c(c4)-c4ccccc4C5(C)C)cc3)n2)cc1. The minimum atomic E-state index is -0.0128. The number of aromatic nitrogens is 4. The Morgan fingerprint density at radius 3 is 1.58 bits per heavy atom. The van der Waals surface area contributed by atoms with Gasteiger partial charge in [-0.15, -0.1) is 0 Å². The number of para-hydroxylation sites is 1. The lowest BCUT2D eigenvalue weighted by molar-refractivity contribution is 0.332. The summed E-state index contributed by atoms with van der Waals surface area (Å²) in [6.45, 7) is 14.3. The molecule has 60 heavy (non-hydrogen) atoms. The summed E-state index contributed by atoms with van der Waals surface area (Å²) in [6.07, 6.45) is 2.37. The van der Waals surface area contributed by atoms with Gasteiger partial charge in [-0.2, -0.15) is 0 Å². The van der Waals surface area contributed by atoms with Gasteiger partial charge in [-0.3, -0.25) is 0 Å². The van der Waals surface area contributed by atoms with Gasteiger partial charge < -0.3 is 4.57 Å². The highest BCUT2D eigenvalue weighted by Crippen LogP contribution is 2.50. The highest BCUT2D eigenvalue weighted by Gasteiger charge is 2.38. The first kappa shape index (κ1) is 36.4. The Kier molecular flexibility index (Phi) is 8.00. The average Bonchev–Trinajstić information content (AvgIpc) is 3.72. The molecule has 0 atom stereocenters. The lowest BCUT2D eigenvalue weighted by Gasteiger charge is -2.42. The van der Waals surface area contributed by atoms with Crippen molar-refractivity contribution in [1.82, 2.24) is 19.5 Å². The van der Waals surface area contributed by atoms with E-state index in [1.54, 1.807) is 0 Å². The van der Waals surface area contributed by atoms with Gasteiger partial charge >= 0.3 is 0 Å².